The first-order chi connectivity index (χ1) is 11.7. The second kappa shape index (κ2) is 6.15. The number of hydrogen-bond donors (Lipinski definition) is 2. The SMILES string of the molecule is CC(C)=CC[C@@]12C[C@H](C(C)(C)O)[C@@](C)(C(=O)C(C(=O)C(C)C)=C1O)C2=O. The molecule has 3 atom stereocenters. The van der Waals surface area contributed by atoms with Gasteiger partial charge in [0.05, 0.1) is 16.4 Å². The van der Waals surface area contributed by atoms with Gasteiger partial charge >= 0.3 is 0 Å². The molecule has 0 amide bonds. The first-order valence-electron chi connectivity index (χ1n) is 9.14. The van der Waals surface area contributed by atoms with Crippen LogP contribution in [-0.4, -0.2) is 33.2 Å². The molecule has 0 aromatic carbocycles. The molecule has 0 radical (unpaired) electrons. The van der Waals surface area contributed by atoms with Gasteiger partial charge in [0, 0.05) is 11.8 Å². The summed E-state index contributed by atoms with van der Waals surface area (Å²) in [7, 11) is 0. The van der Waals surface area contributed by atoms with Crippen molar-refractivity contribution in [3.63, 3.8) is 0 Å². The molecule has 5 heteroatoms. The van der Waals surface area contributed by atoms with Crippen LogP contribution in [0.15, 0.2) is 23.0 Å². The van der Waals surface area contributed by atoms with Crippen LogP contribution in [0.2, 0.25) is 0 Å². The molecular formula is C21H30O5. The number of aliphatic hydroxyl groups is 2. The fourth-order valence-corrected chi connectivity index (χ4v) is 4.50. The maximum atomic E-state index is 13.4. The monoisotopic (exact) mass is 362 g/mol. The van der Waals surface area contributed by atoms with E-state index >= 15 is 0 Å². The molecule has 1 saturated carbocycles. The van der Waals surface area contributed by atoms with E-state index in [4.69, 9.17) is 0 Å². The molecule has 26 heavy (non-hydrogen) atoms. The molecule has 0 aromatic heterocycles. The maximum absolute atomic E-state index is 13.4. The average molecular weight is 362 g/mol. The van der Waals surface area contributed by atoms with Gasteiger partial charge in [-0.2, -0.15) is 0 Å². The first-order valence-corrected chi connectivity index (χ1v) is 9.14. The van der Waals surface area contributed by atoms with Gasteiger partial charge in [-0.15, -0.1) is 0 Å². The Hall–Kier alpha value is -1.75. The van der Waals surface area contributed by atoms with Crippen molar-refractivity contribution in [1.82, 2.24) is 0 Å². The van der Waals surface area contributed by atoms with E-state index < -0.39 is 51.4 Å². The van der Waals surface area contributed by atoms with E-state index in [-0.39, 0.29) is 18.4 Å². The van der Waals surface area contributed by atoms with Crippen molar-refractivity contribution in [1.29, 1.82) is 0 Å². The minimum Gasteiger partial charge on any atom is -0.510 e. The molecule has 2 aliphatic rings. The first kappa shape index (κ1) is 20.6. The lowest BCUT2D eigenvalue weighted by Crippen LogP contribution is -2.52. The minimum atomic E-state index is -1.51. The third-order valence-corrected chi connectivity index (χ3v) is 6.03. The third-order valence-electron chi connectivity index (χ3n) is 6.03. The van der Waals surface area contributed by atoms with Crippen LogP contribution in [0.4, 0.5) is 0 Å². The third kappa shape index (κ3) is 2.68. The summed E-state index contributed by atoms with van der Waals surface area (Å²) in [6.45, 7) is 11.7. The lowest BCUT2D eigenvalue weighted by Gasteiger charge is -2.38. The number of Topliss-reactive ketones (excluding diaryl/α,β-unsaturated/α-hetero) is 3. The molecule has 2 bridgehead atoms. The summed E-state index contributed by atoms with van der Waals surface area (Å²) >= 11 is 0. The fraction of sp³-hybridized carbons (Fsp3) is 0.667. The van der Waals surface area contributed by atoms with Crippen molar-refractivity contribution < 1.29 is 24.6 Å². The molecule has 2 rings (SSSR count). The largest absolute Gasteiger partial charge is 0.510 e. The van der Waals surface area contributed by atoms with Gasteiger partial charge in [0.2, 0.25) is 0 Å². The highest BCUT2D eigenvalue weighted by Crippen LogP contribution is 2.62. The quantitative estimate of drug-likeness (QED) is 0.445. The molecule has 1 fully saturated rings. The molecule has 144 valence electrons. The summed E-state index contributed by atoms with van der Waals surface area (Å²) < 4.78 is 0. The number of aliphatic hydroxyl groups excluding tert-OH is 1. The molecule has 2 N–H and O–H groups in total. The number of carbonyl (C=O) groups is 3. The van der Waals surface area contributed by atoms with Crippen molar-refractivity contribution in [2.75, 3.05) is 0 Å². The van der Waals surface area contributed by atoms with Gasteiger partial charge < -0.3 is 10.2 Å². The second-order valence-electron chi connectivity index (χ2n) is 9.08. The number of rotatable bonds is 5. The lowest BCUT2D eigenvalue weighted by atomic mass is 9.62. The van der Waals surface area contributed by atoms with E-state index in [1.807, 2.05) is 19.9 Å². The predicted octanol–water partition coefficient (Wildman–Crippen LogP) is 3.32. The zero-order valence-corrected chi connectivity index (χ0v) is 16.8. The van der Waals surface area contributed by atoms with E-state index in [0.29, 0.717) is 0 Å². The van der Waals surface area contributed by atoms with Crippen molar-refractivity contribution in [3.05, 3.63) is 23.0 Å². The zero-order chi connectivity index (χ0) is 20.2. The zero-order valence-electron chi connectivity index (χ0n) is 16.8. The summed E-state index contributed by atoms with van der Waals surface area (Å²) in [5, 5.41) is 21.7. The number of allylic oxidation sites excluding steroid dienone is 4. The molecule has 0 spiro atoms. The van der Waals surface area contributed by atoms with Gasteiger partial charge in [-0.1, -0.05) is 25.5 Å². The van der Waals surface area contributed by atoms with E-state index in [0.717, 1.165) is 5.57 Å². The summed E-state index contributed by atoms with van der Waals surface area (Å²) in [5.74, 6) is -3.07. The Morgan fingerprint density at radius 3 is 2.27 bits per heavy atom. The highest BCUT2D eigenvalue weighted by atomic mass is 16.3. The normalized spacial score (nSPS) is 31.7. The van der Waals surface area contributed by atoms with Crippen LogP contribution < -0.4 is 0 Å². The molecule has 5 nitrogen and oxygen atoms in total. The summed E-state index contributed by atoms with van der Waals surface area (Å²) in [6, 6.07) is 0. The van der Waals surface area contributed by atoms with Crippen molar-refractivity contribution >= 4 is 17.3 Å². The van der Waals surface area contributed by atoms with Crippen LogP contribution in [0, 0.1) is 22.7 Å². The topological polar surface area (TPSA) is 91.7 Å². The minimum absolute atomic E-state index is 0.141. The Bertz CT molecular complexity index is 730. The van der Waals surface area contributed by atoms with Gasteiger partial charge in [-0.3, -0.25) is 14.4 Å². The van der Waals surface area contributed by atoms with Crippen LogP contribution >= 0.6 is 0 Å². The smallest absolute Gasteiger partial charge is 0.183 e. The van der Waals surface area contributed by atoms with Gasteiger partial charge in [0.15, 0.2) is 17.3 Å². The molecule has 0 aliphatic heterocycles. The van der Waals surface area contributed by atoms with E-state index in [2.05, 4.69) is 0 Å². The van der Waals surface area contributed by atoms with Gasteiger partial charge in [0.25, 0.3) is 0 Å². The van der Waals surface area contributed by atoms with Crippen LogP contribution in [0.5, 0.6) is 0 Å². The van der Waals surface area contributed by atoms with Crippen molar-refractivity contribution in [2.24, 2.45) is 22.7 Å². The lowest BCUT2D eigenvalue weighted by molar-refractivity contribution is -0.147. The number of carbonyl (C=O) groups excluding carboxylic acids is 3. The second-order valence-corrected chi connectivity index (χ2v) is 9.08. The Morgan fingerprint density at radius 1 is 1.31 bits per heavy atom. The number of hydrogen-bond acceptors (Lipinski definition) is 5. The Kier molecular flexibility index (Phi) is 4.87. The Morgan fingerprint density at radius 2 is 1.85 bits per heavy atom. The number of fused-ring (bicyclic) bond motifs is 2. The van der Waals surface area contributed by atoms with Crippen LogP contribution in [0.3, 0.4) is 0 Å². The molecule has 2 aliphatic carbocycles. The maximum Gasteiger partial charge on any atom is 0.183 e. The molecule has 0 saturated heterocycles. The van der Waals surface area contributed by atoms with E-state index in [9.17, 15) is 24.6 Å². The molecule has 0 heterocycles. The predicted molar refractivity (Wildman–Crippen MR) is 98.5 cm³/mol. The summed E-state index contributed by atoms with van der Waals surface area (Å²) in [4.78, 5) is 39.3. The summed E-state index contributed by atoms with van der Waals surface area (Å²) in [6.07, 6.45) is 2.20. The Balaban J connectivity index is 2.80. The van der Waals surface area contributed by atoms with Gasteiger partial charge in [0.1, 0.15) is 11.3 Å². The molecule has 0 unspecified atom stereocenters. The number of ketones is 3. The van der Waals surface area contributed by atoms with Crippen molar-refractivity contribution in [2.45, 2.75) is 66.9 Å². The molecular weight excluding hydrogens is 332 g/mol. The van der Waals surface area contributed by atoms with E-state index in [1.54, 1.807) is 27.7 Å². The Labute approximate surface area is 155 Å². The van der Waals surface area contributed by atoms with E-state index in [1.165, 1.54) is 6.92 Å². The van der Waals surface area contributed by atoms with Crippen LogP contribution in [0.25, 0.3) is 0 Å². The standard InChI is InChI=1S/C21H30O5/c1-11(2)8-9-21-10-13(19(5,6)26)20(7,18(21)25)16(23)14(17(21)24)15(22)12(3)4/h8,12-13,24,26H,9-10H2,1-7H3/t13-,20+,21-/m1/s1. The summed E-state index contributed by atoms with van der Waals surface area (Å²) in [5.41, 5.74) is -3.42. The van der Waals surface area contributed by atoms with Crippen LogP contribution in [-0.2, 0) is 14.4 Å². The van der Waals surface area contributed by atoms with Gasteiger partial charge in [-0.05, 0) is 47.5 Å². The fourth-order valence-electron chi connectivity index (χ4n) is 4.50. The molecule has 0 aromatic rings. The van der Waals surface area contributed by atoms with Crippen molar-refractivity contribution in [3.8, 4) is 0 Å². The average Bonchev–Trinajstić information content (AvgIpc) is 2.71. The van der Waals surface area contributed by atoms with Gasteiger partial charge in [-0.25, -0.2) is 0 Å². The van der Waals surface area contributed by atoms with Crippen LogP contribution in [0.1, 0.15) is 61.3 Å². The highest BCUT2D eigenvalue weighted by molar-refractivity contribution is 6.32. The highest BCUT2D eigenvalue weighted by Gasteiger charge is 2.71.